The molecule has 10 heavy (non-hydrogen) atoms. The van der Waals surface area contributed by atoms with Gasteiger partial charge in [-0.25, -0.2) is 0 Å². The van der Waals surface area contributed by atoms with E-state index in [4.69, 9.17) is 15.3 Å². The van der Waals surface area contributed by atoms with Crippen molar-refractivity contribution in [2.75, 3.05) is 0 Å². The molecule has 0 spiro atoms. The van der Waals surface area contributed by atoms with Crippen molar-refractivity contribution in [1.29, 1.82) is 0 Å². The third kappa shape index (κ3) is 15.7. The van der Waals surface area contributed by atoms with Gasteiger partial charge in [-0.05, 0) is 12.1 Å². The minimum absolute atomic E-state index is 0. The Morgan fingerprint density at radius 1 is 1.40 bits per heavy atom. The molecule has 0 aromatic carbocycles. The number of H-pyrrole nitrogens is 1. The fraction of sp³-hybridized carbons (Fsp3) is 0. The van der Waals surface area contributed by atoms with Crippen molar-refractivity contribution >= 4 is 0 Å². The second-order valence-corrected chi connectivity index (χ2v) is 1.12. The average Bonchev–Trinajstić information content (AvgIpc) is 2.11. The minimum atomic E-state index is -1.50. The van der Waals surface area contributed by atoms with Crippen LogP contribution in [-0.2, 0) is 22.4 Å². The molecule has 0 fully saturated rings. The SMILES string of the molecule is O=[N+]([O-])O.[Ag].c1cc[nH]c1. The molecule has 1 rings (SSSR count). The molecule has 2 N–H and O–H groups in total. The molecular weight excluding hydrogens is 232 g/mol. The van der Waals surface area contributed by atoms with Crippen LogP contribution in [0.1, 0.15) is 0 Å². The van der Waals surface area contributed by atoms with Gasteiger partial charge in [0.05, 0.1) is 0 Å². The summed E-state index contributed by atoms with van der Waals surface area (Å²) in [6, 6.07) is 3.89. The maximum Gasteiger partial charge on any atom is 0.291 e. The van der Waals surface area contributed by atoms with E-state index >= 15 is 0 Å². The zero-order valence-electron chi connectivity index (χ0n) is 4.82. The minimum Gasteiger partial charge on any atom is -0.368 e. The fourth-order valence-electron chi connectivity index (χ4n) is 0.278. The fourth-order valence-corrected chi connectivity index (χ4v) is 0.278. The topological polar surface area (TPSA) is 79.2 Å². The molecule has 5 nitrogen and oxygen atoms in total. The Labute approximate surface area is 72.7 Å². The Kier molecular flexibility index (Phi) is 9.82. The Morgan fingerprint density at radius 3 is 1.80 bits per heavy atom. The first kappa shape index (κ1) is 12.0. The Balaban J connectivity index is 0. The summed E-state index contributed by atoms with van der Waals surface area (Å²) in [6.45, 7) is 0. The van der Waals surface area contributed by atoms with E-state index in [-0.39, 0.29) is 22.4 Å². The van der Waals surface area contributed by atoms with Crippen molar-refractivity contribution in [2.24, 2.45) is 0 Å². The summed E-state index contributed by atoms with van der Waals surface area (Å²) in [5.74, 6) is 0. The average molecular weight is 238 g/mol. The number of nitrogens with one attached hydrogen (secondary N) is 1. The van der Waals surface area contributed by atoms with E-state index < -0.39 is 5.09 Å². The molecule has 1 aromatic heterocycles. The van der Waals surface area contributed by atoms with Gasteiger partial charge in [0.2, 0.25) is 0 Å². The molecule has 1 radical (unpaired) electrons. The van der Waals surface area contributed by atoms with Crippen LogP contribution < -0.4 is 0 Å². The number of aromatic amines is 1. The number of rotatable bonds is 0. The van der Waals surface area contributed by atoms with Crippen LogP contribution in [0, 0.1) is 10.1 Å². The number of hydrogen-bond acceptors (Lipinski definition) is 2. The summed E-state index contributed by atoms with van der Waals surface area (Å²) >= 11 is 0. The monoisotopic (exact) mass is 237 g/mol. The van der Waals surface area contributed by atoms with Crippen LogP contribution in [0.25, 0.3) is 0 Å². The molecule has 0 atom stereocenters. The number of nitrogens with zero attached hydrogens (tertiary/aromatic N) is 1. The summed E-state index contributed by atoms with van der Waals surface area (Å²) in [5, 5.41) is 13.6. The largest absolute Gasteiger partial charge is 0.368 e. The molecule has 0 aliphatic rings. The second kappa shape index (κ2) is 8.22. The van der Waals surface area contributed by atoms with E-state index in [1.165, 1.54) is 0 Å². The van der Waals surface area contributed by atoms with Crippen LogP contribution >= 0.6 is 0 Å². The van der Waals surface area contributed by atoms with Crippen molar-refractivity contribution in [3.05, 3.63) is 34.6 Å². The van der Waals surface area contributed by atoms with Gasteiger partial charge < -0.3 is 10.2 Å². The molecule has 1 heterocycles. The van der Waals surface area contributed by atoms with Crippen LogP contribution in [0.4, 0.5) is 0 Å². The van der Waals surface area contributed by atoms with Crippen molar-refractivity contribution in [1.82, 2.24) is 4.98 Å². The zero-order chi connectivity index (χ0) is 7.11. The Hall–Kier alpha value is -0.780. The predicted molar refractivity (Wildman–Crippen MR) is 29.6 cm³/mol. The smallest absolute Gasteiger partial charge is 0.291 e. The molecule has 0 aliphatic heterocycles. The summed E-state index contributed by atoms with van der Waals surface area (Å²) in [7, 11) is 0. The third-order valence-corrected chi connectivity index (χ3v) is 0.496. The molecule has 0 saturated heterocycles. The van der Waals surface area contributed by atoms with Crippen LogP contribution in [0.3, 0.4) is 0 Å². The van der Waals surface area contributed by atoms with E-state index in [0.717, 1.165) is 0 Å². The van der Waals surface area contributed by atoms with Crippen LogP contribution in [0.2, 0.25) is 0 Å². The van der Waals surface area contributed by atoms with Crippen molar-refractivity contribution in [3.63, 3.8) is 0 Å². The summed E-state index contributed by atoms with van der Waals surface area (Å²) in [5.41, 5.74) is 0. The Bertz CT molecular complexity index is 132. The van der Waals surface area contributed by atoms with E-state index in [2.05, 4.69) is 4.98 Å². The van der Waals surface area contributed by atoms with Crippen molar-refractivity contribution < 1.29 is 32.7 Å². The van der Waals surface area contributed by atoms with Gasteiger partial charge in [-0.1, -0.05) is 0 Å². The molecule has 0 saturated carbocycles. The maximum absolute atomic E-state index is 8.36. The van der Waals surface area contributed by atoms with Gasteiger partial charge in [0, 0.05) is 34.8 Å². The summed E-state index contributed by atoms with van der Waals surface area (Å²) in [4.78, 5) is 11.2. The van der Waals surface area contributed by atoms with Gasteiger partial charge in [0.25, 0.3) is 5.09 Å². The predicted octanol–water partition coefficient (Wildman–Crippen LogP) is 0.664. The quantitative estimate of drug-likeness (QED) is 0.396. The third-order valence-electron chi connectivity index (χ3n) is 0.496. The van der Waals surface area contributed by atoms with E-state index in [1.54, 1.807) is 0 Å². The van der Waals surface area contributed by atoms with Gasteiger partial charge in [0.15, 0.2) is 0 Å². The van der Waals surface area contributed by atoms with Crippen LogP contribution in [0.15, 0.2) is 24.5 Å². The molecule has 0 bridgehead atoms. The van der Waals surface area contributed by atoms with Gasteiger partial charge in [-0.2, -0.15) is 0 Å². The first-order valence-corrected chi connectivity index (χ1v) is 2.14. The molecule has 6 heteroatoms. The van der Waals surface area contributed by atoms with E-state index in [0.29, 0.717) is 0 Å². The number of hydrogen-bond donors (Lipinski definition) is 2. The maximum atomic E-state index is 8.36. The van der Waals surface area contributed by atoms with Gasteiger partial charge >= 0.3 is 0 Å². The first-order valence-electron chi connectivity index (χ1n) is 2.14. The second-order valence-electron chi connectivity index (χ2n) is 1.12. The molecule has 0 aliphatic carbocycles. The van der Waals surface area contributed by atoms with Crippen molar-refractivity contribution in [2.45, 2.75) is 0 Å². The van der Waals surface area contributed by atoms with Crippen LogP contribution in [-0.4, -0.2) is 15.3 Å². The molecule has 1 aromatic rings. The standard InChI is InChI=1S/C4H5N.Ag.HNO3/c1-2-4-5-3-1;;2-1(3)4/h1-5H;;(H,2,3,4). The summed E-state index contributed by atoms with van der Waals surface area (Å²) < 4.78 is 0. The normalized spacial score (nSPS) is 6.40. The molecule has 61 valence electrons. The molecule has 0 unspecified atom stereocenters. The van der Waals surface area contributed by atoms with Gasteiger partial charge in [0.1, 0.15) is 0 Å². The first-order chi connectivity index (χ1) is 4.23. The molecular formula is C4H6AgN2O3. The summed E-state index contributed by atoms with van der Waals surface area (Å²) in [6.07, 6.45) is 3.75. The van der Waals surface area contributed by atoms with Gasteiger partial charge in [-0.15, -0.1) is 10.1 Å². The van der Waals surface area contributed by atoms with Gasteiger partial charge in [-0.3, -0.25) is 0 Å². The number of aromatic nitrogens is 1. The van der Waals surface area contributed by atoms with Crippen molar-refractivity contribution in [3.8, 4) is 0 Å². The Morgan fingerprint density at radius 2 is 1.70 bits per heavy atom. The zero-order valence-corrected chi connectivity index (χ0v) is 6.30. The van der Waals surface area contributed by atoms with E-state index in [1.807, 2.05) is 24.5 Å². The van der Waals surface area contributed by atoms with E-state index in [9.17, 15) is 0 Å². The van der Waals surface area contributed by atoms with Crippen LogP contribution in [0.5, 0.6) is 0 Å². The molecule has 0 amide bonds.